The van der Waals surface area contributed by atoms with Gasteiger partial charge in [-0.15, -0.1) is 0 Å². The van der Waals surface area contributed by atoms with E-state index in [2.05, 4.69) is 36.1 Å². The highest BCUT2D eigenvalue weighted by atomic mass is 16.5. The van der Waals surface area contributed by atoms with Crippen molar-refractivity contribution in [1.29, 1.82) is 0 Å². The van der Waals surface area contributed by atoms with E-state index in [9.17, 15) is 4.79 Å². The molecular weight excluding hydrogens is 302 g/mol. The molecule has 0 radical (unpaired) electrons. The van der Waals surface area contributed by atoms with Gasteiger partial charge in [0.1, 0.15) is 0 Å². The van der Waals surface area contributed by atoms with Gasteiger partial charge in [-0.05, 0) is 36.8 Å². The first-order chi connectivity index (χ1) is 11.8. The number of carbonyl (C=O) groups excluding carboxylic acids is 1. The number of ether oxygens (including phenoxy) is 2. The SMILES string of the molecule is CCC[C@H]1c2ccccc2CCN1C(=O)CCOC1CCOCC1. The van der Waals surface area contributed by atoms with Gasteiger partial charge < -0.3 is 14.4 Å². The van der Waals surface area contributed by atoms with Crippen molar-refractivity contribution in [2.75, 3.05) is 26.4 Å². The molecule has 1 aromatic rings. The van der Waals surface area contributed by atoms with Gasteiger partial charge in [0, 0.05) is 19.8 Å². The predicted molar refractivity (Wildman–Crippen MR) is 93.9 cm³/mol. The molecule has 0 spiro atoms. The Hall–Kier alpha value is -1.39. The Kier molecular flexibility index (Phi) is 6.27. The summed E-state index contributed by atoms with van der Waals surface area (Å²) in [6, 6.07) is 8.81. The van der Waals surface area contributed by atoms with Crippen LogP contribution >= 0.6 is 0 Å². The van der Waals surface area contributed by atoms with Gasteiger partial charge in [-0.3, -0.25) is 4.79 Å². The normalized spacial score (nSPS) is 21.5. The minimum atomic E-state index is 0.231. The zero-order valence-electron chi connectivity index (χ0n) is 14.7. The largest absolute Gasteiger partial charge is 0.381 e. The summed E-state index contributed by atoms with van der Waals surface area (Å²) in [5.74, 6) is 0.231. The summed E-state index contributed by atoms with van der Waals surface area (Å²) in [5.41, 5.74) is 2.74. The fraction of sp³-hybridized carbons (Fsp3) is 0.650. The molecule has 2 aliphatic heterocycles. The lowest BCUT2D eigenvalue weighted by Crippen LogP contribution is -2.40. The van der Waals surface area contributed by atoms with Gasteiger partial charge in [0.05, 0.1) is 25.2 Å². The third-order valence-electron chi connectivity index (χ3n) is 5.13. The molecule has 1 fully saturated rings. The Balaban J connectivity index is 1.57. The number of amides is 1. The highest BCUT2D eigenvalue weighted by molar-refractivity contribution is 5.77. The molecule has 3 rings (SSSR count). The average molecular weight is 331 g/mol. The molecule has 0 unspecified atom stereocenters. The van der Waals surface area contributed by atoms with E-state index < -0.39 is 0 Å². The summed E-state index contributed by atoms with van der Waals surface area (Å²) < 4.78 is 11.2. The molecular formula is C20H29NO3. The average Bonchev–Trinajstić information content (AvgIpc) is 2.63. The van der Waals surface area contributed by atoms with Crippen LogP contribution in [0.3, 0.4) is 0 Å². The van der Waals surface area contributed by atoms with Crippen molar-refractivity contribution in [1.82, 2.24) is 4.90 Å². The molecule has 1 saturated heterocycles. The predicted octanol–water partition coefficient (Wildman–Crippen LogP) is 3.50. The fourth-order valence-electron chi connectivity index (χ4n) is 3.83. The smallest absolute Gasteiger partial charge is 0.225 e. The molecule has 2 aliphatic rings. The molecule has 0 aromatic heterocycles. The number of nitrogens with zero attached hydrogens (tertiary/aromatic N) is 1. The van der Waals surface area contributed by atoms with Crippen LogP contribution in [0.15, 0.2) is 24.3 Å². The van der Waals surface area contributed by atoms with Gasteiger partial charge in [0.25, 0.3) is 0 Å². The van der Waals surface area contributed by atoms with Gasteiger partial charge in [0.15, 0.2) is 0 Å². The first-order valence-electron chi connectivity index (χ1n) is 9.36. The minimum absolute atomic E-state index is 0.231. The van der Waals surface area contributed by atoms with Crippen molar-refractivity contribution in [2.24, 2.45) is 0 Å². The van der Waals surface area contributed by atoms with E-state index >= 15 is 0 Å². The van der Waals surface area contributed by atoms with E-state index in [0.29, 0.717) is 13.0 Å². The third kappa shape index (κ3) is 4.17. The van der Waals surface area contributed by atoms with Crippen molar-refractivity contribution in [2.45, 2.75) is 57.6 Å². The number of hydrogen-bond donors (Lipinski definition) is 0. The quantitative estimate of drug-likeness (QED) is 0.801. The summed E-state index contributed by atoms with van der Waals surface area (Å²) in [6.07, 6.45) is 5.72. The second kappa shape index (κ2) is 8.63. The molecule has 4 nitrogen and oxygen atoms in total. The summed E-state index contributed by atoms with van der Waals surface area (Å²) in [6.45, 7) is 5.10. The van der Waals surface area contributed by atoms with Crippen LogP contribution in [0.2, 0.25) is 0 Å². The molecule has 132 valence electrons. The monoisotopic (exact) mass is 331 g/mol. The van der Waals surface area contributed by atoms with Gasteiger partial charge in [-0.1, -0.05) is 37.6 Å². The highest BCUT2D eigenvalue weighted by Gasteiger charge is 2.29. The Bertz CT molecular complexity index is 539. The minimum Gasteiger partial charge on any atom is -0.381 e. The zero-order valence-corrected chi connectivity index (χ0v) is 14.7. The molecule has 4 heteroatoms. The van der Waals surface area contributed by atoms with Crippen LogP contribution in [0.25, 0.3) is 0 Å². The van der Waals surface area contributed by atoms with E-state index in [4.69, 9.17) is 9.47 Å². The summed E-state index contributed by atoms with van der Waals surface area (Å²) in [7, 11) is 0. The van der Waals surface area contributed by atoms with Crippen LogP contribution in [0.1, 0.15) is 56.2 Å². The number of benzene rings is 1. The maximum absolute atomic E-state index is 12.8. The number of hydrogen-bond acceptors (Lipinski definition) is 3. The number of rotatable bonds is 6. The third-order valence-corrected chi connectivity index (χ3v) is 5.13. The number of carbonyl (C=O) groups is 1. The van der Waals surface area contributed by atoms with Crippen molar-refractivity contribution in [3.8, 4) is 0 Å². The van der Waals surface area contributed by atoms with Gasteiger partial charge in [-0.2, -0.15) is 0 Å². The van der Waals surface area contributed by atoms with Crippen LogP contribution in [0.5, 0.6) is 0 Å². The Labute approximate surface area is 145 Å². The molecule has 0 aliphatic carbocycles. The summed E-state index contributed by atoms with van der Waals surface area (Å²) in [5, 5.41) is 0. The van der Waals surface area contributed by atoms with Crippen LogP contribution in [0.4, 0.5) is 0 Å². The first-order valence-corrected chi connectivity index (χ1v) is 9.36. The maximum atomic E-state index is 12.8. The molecule has 1 atom stereocenters. The Morgan fingerprint density at radius 3 is 2.88 bits per heavy atom. The topological polar surface area (TPSA) is 38.8 Å². The fourth-order valence-corrected chi connectivity index (χ4v) is 3.83. The lowest BCUT2D eigenvalue weighted by molar-refractivity contribution is -0.136. The first kappa shape index (κ1) is 17.4. The van der Waals surface area contributed by atoms with Crippen LogP contribution in [0, 0.1) is 0 Å². The Morgan fingerprint density at radius 2 is 2.08 bits per heavy atom. The van der Waals surface area contributed by atoms with Crippen molar-refractivity contribution in [3.63, 3.8) is 0 Å². The lowest BCUT2D eigenvalue weighted by atomic mass is 9.90. The molecule has 0 bridgehead atoms. The van der Waals surface area contributed by atoms with Crippen LogP contribution in [-0.4, -0.2) is 43.3 Å². The van der Waals surface area contributed by atoms with E-state index in [-0.39, 0.29) is 18.1 Å². The number of fused-ring (bicyclic) bond motifs is 1. The van der Waals surface area contributed by atoms with Crippen LogP contribution < -0.4 is 0 Å². The standard InChI is InChI=1S/C20H29NO3/c1-2-5-19-18-7-4-3-6-16(18)8-12-21(19)20(22)11-15-24-17-9-13-23-14-10-17/h3-4,6-7,17,19H,2,5,8-15H2,1H3/t19-/m0/s1. The second-order valence-electron chi connectivity index (χ2n) is 6.77. The molecule has 0 saturated carbocycles. The lowest BCUT2D eigenvalue weighted by Gasteiger charge is -2.37. The molecule has 2 heterocycles. The van der Waals surface area contributed by atoms with Crippen LogP contribution in [-0.2, 0) is 20.7 Å². The van der Waals surface area contributed by atoms with E-state index in [1.807, 2.05) is 0 Å². The molecule has 1 amide bonds. The van der Waals surface area contributed by atoms with E-state index in [0.717, 1.165) is 51.9 Å². The van der Waals surface area contributed by atoms with Crippen molar-refractivity contribution >= 4 is 5.91 Å². The maximum Gasteiger partial charge on any atom is 0.225 e. The second-order valence-corrected chi connectivity index (χ2v) is 6.77. The summed E-state index contributed by atoms with van der Waals surface area (Å²) in [4.78, 5) is 14.8. The van der Waals surface area contributed by atoms with Crippen molar-refractivity contribution in [3.05, 3.63) is 35.4 Å². The van der Waals surface area contributed by atoms with Gasteiger partial charge >= 0.3 is 0 Å². The summed E-state index contributed by atoms with van der Waals surface area (Å²) >= 11 is 0. The molecule has 24 heavy (non-hydrogen) atoms. The van der Waals surface area contributed by atoms with Crippen molar-refractivity contribution < 1.29 is 14.3 Å². The molecule has 0 N–H and O–H groups in total. The zero-order chi connectivity index (χ0) is 16.8. The van der Waals surface area contributed by atoms with Gasteiger partial charge in [-0.25, -0.2) is 0 Å². The van der Waals surface area contributed by atoms with Gasteiger partial charge in [0.2, 0.25) is 5.91 Å². The van der Waals surface area contributed by atoms with E-state index in [1.54, 1.807) is 0 Å². The Morgan fingerprint density at radius 1 is 1.29 bits per heavy atom. The van der Waals surface area contributed by atoms with E-state index in [1.165, 1.54) is 11.1 Å². The highest BCUT2D eigenvalue weighted by Crippen LogP contribution is 2.33. The molecule has 1 aromatic carbocycles.